The third kappa shape index (κ3) is 6.16. The van der Waals surface area contributed by atoms with E-state index in [1.165, 1.54) is 0 Å². The molecule has 4 nitrogen and oxygen atoms in total. The van der Waals surface area contributed by atoms with E-state index in [0.717, 1.165) is 42.7 Å². The average Bonchev–Trinajstić information content (AvgIpc) is 2.50. The Morgan fingerprint density at radius 3 is 2.50 bits per heavy atom. The molecule has 0 aliphatic heterocycles. The van der Waals surface area contributed by atoms with Crippen LogP contribution in [0.2, 0.25) is 0 Å². The highest BCUT2D eigenvalue weighted by Gasteiger charge is 2.33. The minimum absolute atomic E-state index is 0.0858. The summed E-state index contributed by atoms with van der Waals surface area (Å²) in [7, 11) is 0. The number of carbonyl (C=O) groups excluding carboxylic acids is 1. The van der Waals surface area contributed by atoms with E-state index in [4.69, 9.17) is 9.47 Å². The fraction of sp³-hybridized carbons (Fsp3) is 0.650. The number of rotatable bonds is 10. The van der Waals surface area contributed by atoms with Crippen LogP contribution < -0.4 is 10.1 Å². The van der Waals surface area contributed by atoms with E-state index in [2.05, 4.69) is 12.2 Å². The molecule has 0 aliphatic rings. The molecule has 0 saturated heterocycles. The molecule has 0 fully saturated rings. The number of hydrogen-bond donors (Lipinski definition) is 1. The zero-order valence-electron chi connectivity index (χ0n) is 16.1. The molecule has 1 atom stereocenters. The van der Waals surface area contributed by atoms with Gasteiger partial charge in [-0.05, 0) is 64.8 Å². The summed E-state index contributed by atoms with van der Waals surface area (Å²) in [5.41, 5.74) is 0.992. The van der Waals surface area contributed by atoms with Gasteiger partial charge in [0.25, 0.3) is 5.91 Å². The molecule has 24 heavy (non-hydrogen) atoms. The van der Waals surface area contributed by atoms with Gasteiger partial charge in [-0.25, -0.2) is 0 Å². The zero-order chi connectivity index (χ0) is 18.2. The number of ether oxygens (including phenoxy) is 2. The Morgan fingerprint density at radius 1 is 1.25 bits per heavy atom. The van der Waals surface area contributed by atoms with Gasteiger partial charge in [0.2, 0.25) is 0 Å². The summed E-state index contributed by atoms with van der Waals surface area (Å²) in [6, 6.07) is 5.72. The Kier molecular flexibility index (Phi) is 8.26. The van der Waals surface area contributed by atoms with Crippen molar-refractivity contribution in [3.63, 3.8) is 0 Å². The predicted molar refractivity (Wildman–Crippen MR) is 99.7 cm³/mol. The summed E-state index contributed by atoms with van der Waals surface area (Å²) < 4.78 is 11.5. The van der Waals surface area contributed by atoms with Gasteiger partial charge in [0.1, 0.15) is 11.4 Å². The summed E-state index contributed by atoms with van der Waals surface area (Å²) in [6.45, 7) is 12.5. The third-order valence-electron chi connectivity index (χ3n) is 4.00. The van der Waals surface area contributed by atoms with Crippen LogP contribution in [0.3, 0.4) is 0 Å². The number of carbonyl (C=O) groups is 1. The standard InChI is InChI=1S/C20H33NO3/c1-7-9-10-13-20(6,23-8-2)19(22)21-17-11-12-18(16(5)14-17)24-15(3)4/h11-12,14-15H,7-10,13H2,1-6H3,(H,21,22)/t20-/m1/s1. The lowest BCUT2D eigenvalue weighted by molar-refractivity contribution is -0.139. The van der Waals surface area contributed by atoms with Crippen LogP contribution in [0.5, 0.6) is 5.75 Å². The SMILES string of the molecule is CCCCC[C@@](C)(OCC)C(=O)Nc1ccc(OC(C)C)c(C)c1. The van der Waals surface area contributed by atoms with Crippen LogP contribution in [0.25, 0.3) is 0 Å². The van der Waals surface area contributed by atoms with Gasteiger partial charge in [-0.15, -0.1) is 0 Å². The first-order chi connectivity index (χ1) is 11.3. The number of unbranched alkanes of at least 4 members (excludes halogenated alkanes) is 2. The number of hydrogen-bond acceptors (Lipinski definition) is 3. The molecular weight excluding hydrogens is 302 g/mol. The molecule has 0 saturated carbocycles. The molecule has 1 aromatic carbocycles. The van der Waals surface area contributed by atoms with Gasteiger partial charge < -0.3 is 14.8 Å². The van der Waals surface area contributed by atoms with Crippen LogP contribution in [0.1, 0.15) is 65.9 Å². The summed E-state index contributed by atoms with van der Waals surface area (Å²) in [6.07, 6.45) is 4.08. The normalized spacial score (nSPS) is 13.6. The Hall–Kier alpha value is -1.55. The van der Waals surface area contributed by atoms with Gasteiger partial charge in [0.15, 0.2) is 0 Å². The highest BCUT2D eigenvalue weighted by atomic mass is 16.5. The molecular formula is C20H33NO3. The van der Waals surface area contributed by atoms with Crippen molar-refractivity contribution < 1.29 is 14.3 Å². The molecule has 1 amide bonds. The van der Waals surface area contributed by atoms with E-state index in [0.29, 0.717) is 6.61 Å². The summed E-state index contributed by atoms with van der Waals surface area (Å²) in [5, 5.41) is 3.00. The van der Waals surface area contributed by atoms with Gasteiger partial charge in [-0.2, -0.15) is 0 Å². The highest BCUT2D eigenvalue weighted by molar-refractivity contribution is 5.97. The van der Waals surface area contributed by atoms with Gasteiger partial charge in [-0.3, -0.25) is 4.79 Å². The maximum atomic E-state index is 12.7. The minimum Gasteiger partial charge on any atom is -0.491 e. The number of benzene rings is 1. The highest BCUT2D eigenvalue weighted by Crippen LogP contribution is 2.26. The second-order valence-corrected chi connectivity index (χ2v) is 6.72. The second-order valence-electron chi connectivity index (χ2n) is 6.72. The van der Waals surface area contributed by atoms with Crippen molar-refractivity contribution in [3.8, 4) is 5.75 Å². The molecule has 0 heterocycles. The first kappa shape index (κ1) is 20.5. The molecule has 0 spiro atoms. The Morgan fingerprint density at radius 2 is 1.96 bits per heavy atom. The van der Waals surface area contributed by atoms with Crippen molar-refractivity contribution in [2.75, 3.05) is 11.9 Å². The van der Waals surface area contributed by atoms with E-state index >= 15 is 0 Å². The molecule has 0 aliphatic carbocycles. The third-order valence-corrected chi connectivity index (χ3v) is 4.00. The topological polar surface area (TPSA) is 47.6 Å². The van der Waals surface area contributed by atoms with Crippen LogP contribution in [-0.4, -0.2) is 24.2 Å². The van der Waals surface area contributed by atoms with Crippen LogP contribution >= 0.6 is 0 Å². The van der Waals surface area contributed by atoms with Gasteiger partial charge >= 0.3 is 0 Å². The van der Waals surface area contributed by atoms with Crippen molar-refractivity contribution in [1.82, 2.24) is 0 Å². The number of amides is 1. The lowest BCUT2D eigenvalue weighted by Crippen LogP contribution is -2.42. The summed E-state index contributed by atoms with van der Waals surface area (Å²) in [4.78, 5) is 12.7. The van der Waals surface area contributed by atoms with E-state index < -0.39 is 5.60 Å². The molecule has 0 bridgehead atoms. The summed E-state index contributed by atoms with van der Waals surface area (Å²) >= 11 is 0. The fourth-order valence-corrected chi connectivity index (χ4v) is 2.66. The van der Waals surface area contributed by atoms with Crippen LogP contribution in [0.4, 0.5) is 5.69 Å². The van der Waals surface area contributed by atoms with E-state index in [1.54, 1.807) is 0 Å². The molecule has 4 heteroatoms. The maximum absolute atomic E-state index is 12.7. The maximum Gasteiger partial charge on any atom is 0.256 e. The van der Waals surface area contributed by atoms with Crippen molar-refractivity contribution >= 4 is 11.6 Å². The number of aryl methyl sites for hydroxylation is 1. The first-order valence-corrected chi connectivity index (χ1v) is 9.05. The van der Waals surface area contributed by atoms with Crippen molar-refractivity contribution in [3.05, 3.63) is 23.8 Å². The van der Waals surface area contributed by atoms with Gasteiger partial charge in [0, 0.05) is 12.3 Å². The van der Waals surface area contributed by atoms with Crippen molar-refractivity contribution in [2.45, 2.75) is 78.9 Å². The van der Waals surface area contributed by atoms with E-state index in [9.17, 15) is 4.79 Å². The Balaban J connectivity index is 2.81. The Bertz CT molecular complexity index is 528. The molecule has 0 aromatic heterocycles. The van der Waals surface area contributed by atoms with Gasteiger partial charge in [-0.1, -0.05) is 26.2 Å². The smallest absolute Gasteiger partial charge is 0.256 e. The molecule has 1 aromatic rings. The number of nitrogens with one attached hydrogen (secondary N) is 1. The lowest BCUT2D eigenvalue weighted by atomic mass is 9.96. The van der Waals surface area contributed by atoms with E-state index in [1.807, 2.05) is 52.8 Å². The lowest BCUT2D eigenvalue weighted by Gasteiger charge is -2.28. The summed E-state index contributed by atoms with van der Waals surface area (Å²) in [5.74, 6) is 0.760. The molecule has 1 rings (SSSR count). The minimum atomic E-state index is -0.787. The molecule has 1 N–H and O–H groups in total. The number of anilines is 1. The van der Waals surface area contributed by atoms with E-state index in [-0.39, 0.29) is 12.0 Å². The van der Waals surface area contributed by atoms with Crippen LogP contribution in [0, 0.1) is 6.92 Å². The first-order valence-electron chi connectivity index (χ1n) is 9.05. The van der Waals surface area contributed by atoms with Crippen LogP contribution in [-0.2, 0) is 9.53 Å². The second kappa shape index (κ2) is 9.67. The molecule has 0 radical (unpaired) electrons. The van der Waals surface area contributed by atoms with Crippen molar-refractivity contribution in [1.29, 1.82) is 0 Å². The zero-order valence-corrected chi connectivity index (χ0v) is 16.1. The predicted octanol–water partition coefficient (Wildman–Crippen LogP) is 5.10. The Labute approximate surface area is 146 Å². The largest absolute Gasteiger partial charge is 0.491 e. The molecule has 136 valence electrons. The quantitative estimate of drug-likeness (QED) is 0.605. The van der Waals surface area contributed by atoms with Crippen molar-refractivity contribution in [2.24, 2.45) is 0 Å². The van der Waals surface area contributed by atoms with Gasteiger partial charge in [0.05, 0.1) is 6.10 Å². The van der Waals surface area contributed by atoms with Crippen LogP contribution in [0.15, 0.2) is 18.2 Å². The average molecular weight is 335 g/mol. The monoisotopic (exact) mass is 335 g/mol. The molecule has 0 unspecified atom stereocenters. The fourth-order valence-electron chi connectivity index (χ4n) is 2.66.